The Morgan fingerprint density at radius 3 is 3.22 bits per heavy atom. The van der Waals surface area contributed by atoms with Crippen molar-refractivity contribution in [3.63, 3.8) is 0 Å². The molecule has 1 unspecified atom stereocenters. The average molecular weight is 329 g/mol. The first-order valence-corrected chi connectivity index (χ1v) is 8.31. The maximum absolute atomic E-state index is 12.4. The molecule has 0 bridgehead atoms. The van der Waals surface area contributed by atoms with Crippen molar-refractivity contribution in [1.29, 1.82) is 0 Å². The first kappa shape index (κ1) is 14.1. The van der Waals surface area contributed by atoms with Crippen LogP contribution < -0.4 is 5.69 Å². The van der Waals surface area contributed by atoms with Crippen LogP contribution in [0.1, 0.15) is 17.3 Å². The van der Waals surface area contributed by atoms with E-state index in [1.54, 1.807) is 22.1 Å². The molecule has 1 atom stereocenters. The lowest BCUT2D eigenvalue weighted by molar-refractivity contribution is -0.129. The second-order valence-electron chi connectivity index (χ2n) is 5.60. The van der Waals surface area contributed by atoms with Gasteiger partial charge in [-0.2, -0.15) is 0 Å². The molecule has 1 amide bonds. The van der Waals surface area contributed by atoms with E-state index in [4.69, 9.17) is 0 Å². The molecule has 1 aliphatic heterocycles. The predicted molar refractivity (Wildman–Crippen MR) is 86.4 cm³/mol. The fourth-order valence-electron chi connectivity index (χ4n) is 3.07. The predicted octanol–water partition coefficient (Wildman–Crippen LogP) is 1.20. The molecule has 0 saturated carbocycles. The van der Waals surface area contributed by atoms with Crippen molar-refractivity contribution in [2.24, 2.45) is 0 Å². The van der Waals surface area contributed by atoms with Crippen molar-refractivity contribution in [3.05, 3.63) is 45.4 Å². The molecule has 4 heterocycles. The lowest BCUT2D eigenvalue weighted by Crippen LogP contribution is -2.31. The fourth-order valence-corrected chi connectivity index (χ4v) is 3.76. The van der Waals surface area contributed by atoms with Crippen LogP contribution in [0, 0.1) is 0 Å². The van der Waals surface area contributed by atoms with Gasteiger partial charge in [-0.1, -0.05) is 6.07 Å². The van der Waals surface area contributed by atoms with E-state index in [1.165, 1.54) is 6.33 Å². The highest BCUT2D eigenvalue weighted by atomic mass is 32.1. The molecule has 1 aliphatic rings. The lowest BCUT2D eigenvalue weighted by atomic mass is 10.2. The molecule has 1 saturated heterocycles. The summed E-state index contributed by atoms with van der Waals surface area (Å²) in [5.74, 6) is 0.109. The first-order valence-electron chi connectivity index (χ1n) is 7.43. The van der Waals surface area contributed by atoms with E-state index >= 15 is 0 Å². The number of likely N-dealkylation sites (tertiary alicyclic amines) is 1. The van der Waals surface area contributed by atoms with E-state index in [-0.39, 0.29) is 17.6 Å². The quantitative estimate of drug-likeness (QED) is 0.782. The van der Waals surface area contributed by atoms with Crippen LogP contribution in [-0.4, -0.2) is 43.4 Å². The maximum atomic E-state index is 12.4. The molecule has 118 valence electrons. The normalized spacial score (nSPS) is 17.9. The van der Waals surface area contributed by atoms with E-state index in [2.05, 4.69) is 15.0 Å². The summed E-state index contributed by atoms with van der Waals surface area (Å²) in [7, 11) is 0. The van der Waals surface area contributed by atoms with Crippen molar-refractivity contribution in [2.45, 2.75) is 18.9 Å². The van der Waals surface area contributed by atoms with Gasteiger partial charge >= 0.3 is 5.69 Å². The number of rotatable bonds is 3. The minimum Gasteiger partial charge on any atom is -0.340 e. The van der Waals surface area contributed by atoms with Gasteiger partial charge < -0.3 is 9.88 Å². The van der Waals surface area contributed by atoms with Crippen LogP contribution in [0.5, 0.6) is 0 Å². The van der Waals surface area contributed by atoms with E-state index in [1.807, 2.05) is 22.4 Å². The molecule has 0 aromatic carbocycles. The topological polar surface area (TPSA) is 83.9 Å². The molecule has 23 heavy (non-hydrogen) atoms. The van der Waals surface area contributed by atoms with E-state index in [0.29, 0.717) is 30.7 Å². The zero-order valence-corrected chi connectivity index (χ0v) is 13.1. The molecule has 0 aliphatic carbocycles. The number of nitrogens with zero attached hydrogens (tertiary/aromatic N) is 4. The second kappa shape index (κ2) is 5.62. The van der Waals surface area contributed by atoms with Crippen LogP contribution in [0.4, 0.5) is 0 Å². The van der Waals surface area contributed by atoms with E-state index in [9.17, 15) is 9.59 Å². The largest absolute Gasteiger partial charge is 0.340 e. The van der Waals surface area contributed by atoms with Crippen molar-refractivity contribution in [1.82, 2.24) is 24.4 Å². The van der Waals surface area contributed by atoms with Gasteiger partial charge in [0.1, 0.15) is 11.8 Å². The molecular weight excluding hydrogens is 314 g/mol. The van der Waals surface area contributed by atoms with Gasteiger partial charge in [0.15, 0.2) is 5.65 Å². The molecule has 7 nitrogen and oxygen atoms in total. The Hall–Kier alpha value is -2.48. The number of hydrogen-bond donors (Lipinski definition) is 1. The van der Waals surface area contributed by atoms with Crippen LogP contribution in [0.15, 0.2) is 34.8 Å². The van der Waals surface area contributed by atoms with Gasteiger partial charge in [-0.15, -0.1) is 11.3 Å². The Morgan fingerprint density at radius 1 is 1.48 bits per heavy atom. The van der Waals surface area contributed by atoms with Crippen LogP contribution >= 0.6 is 11.3 Å². The Balaban J connectivity index is 1.54. The van der Waals surface area contributed by atoms with E-state index in [0.717, 1.165) is 11.3 Å². The number of thiophene rings is 1. The number of carbonyl (C=O) groups is 1. The van der Waals surface area contributed by atoms with E-state index < -0.39 is 0 Å². The molecule has 1 N–H and O–H groups in total. The number of aromatic nitrogens is 4. The first-order chi connectivity index (χ1) is 11.2. The Kier molecular flexibility index (Phi) is 3.45. The SMILES string of the molecule is O=C(Cc1cccs1)N1CCC(n2c(=O)[nH]c3cncnc32)C1. The smallest absolute Gasteiger partial charge is 0.328 e. The minimum atomic E-state index is -0.196. The molecule has 4 rings (SSSR count). The summed E-state index contributed by atoms with van der Waals surface area (Å²) in [5, 5.41) is 1.97. The zero-order valence-electron chi connectivity index (χ0n) is 12.3. The summed E-state index contributed by atoms with van der Waals surface area (Å²) in [5.41, 5.74) is 1.03. The van der Waals surface area contributed by atoms with Crippen LogP contribution in [0.3, 0.4) is 0 Å². The van der Waals surface area contributed by atoms with Gasteiger partial charge in [-0.25, -0.2) is 14.8 Å². The van der Waals surface area contributed by atoms with Crippen molar-refractivity contribution in [3.8, 4) is 0 Å². The number of nitrogens with one attached hydrogen (secondary N) is 1. The number of hydrogen-bond acceptors (Lipinski definition) is 5. The number of aromatic amines is 1. The third kappa shape index (κ3) is 2.55. The molecule has 3 aromatic heterocycles. The van der Waals surface area contributed by atoms with Crippen molar-refractivity contribution >= 4 is 28.4 Å². The number of amides is 1. The summed E-state index contributed by atoms with van der Waals surface area (Å²) < 4.78 is 1.65. The second-order valence-corrected chi connectivity index (χ2v) is 6.63. The molecule has 1 fully saturated rings. The Bertz CT molecular complexity index is 898. The number of fused-ring (bicyclic) bond motifs is 1. The zero-order chi connectivity index (χ0) is 15.8. The van der Waals surface area contributed by atoms with Gasteiger partial charge in [0, 0.05) is 18.0 Å². The highest BCUT2D eigenvalue weighted by Gasteiger charge is 2.29. The monoisotopic (exact) mass is 329 g/mol. The van der Waals surface area contributed by atoms with Gasteiger partial charge in [-0.05, 0) is 17.9 Å². The summed E-state index contributed by atoms with van der Waals surface area (Å²) in [6, 6.07) is 3.88. The molecule has 3 aromatic rings. The average Bonchev–Trinajstić information content (AvgIpc) is 3.25. The Morgan fingerprint density at radius 2 is 2.39 bits per heavy atom. The van der Waals surface area contributed by atoms with Crippen LogP contribution in [0.2, 0.25) is 0 Å². The minimum absolute atomic E-state index is 0.0431. The standard InChI is InChI=1S/C15H15N5O2S/c21-13(6-11-2-1-5-23-11)19-4-3-10(8-19)20-14-12(18-15(20)22)7-16-9-17-14/h1-2,5,7,9-10H,3-4,6,8H2,(H,18,22). The lowest BCUT2D eigenvalue weighted by Gasteiger charge is -2.16. The summed E-state index contributed by atoms with van der Waals surface area (Å²) >= 11 is 1.59. The third-order valence-corrected chi connectivity index (χ3v) is 5.04. The van der Waals surface area contributed by atoms with Crippen LogP contribution in [-0.2, 0) is 11.2 Å². The van der Waals surface area contributed by atoms with Crippen LogP contribution in [0.25, 0.3) is 11.2 Å². The van der Waals surface area contributed by atoms with Crippen molar-refractivity contribution < 1.29 is 4.79 Å². The summed E-state index contributed by atoms with van der Waals surface area (Å²) in [6.07, 6.45) is 4.21. The van der Waals surface area contributed by atoms with Gasteiger partial charge in [-0.3, -0.25) is 9.36 Å². The van der Waals surface area contributed by atoms with Gasteiger partial charge in [0.05, 0.1) is 18.7 Å². The number of imidazole rings is 1. The van der Waals surface area contributed by atoms with Gasteiger partial charge in [0.25, 0.3) is 0 Å². The molecule has 0 radical (unpaired) electrons. The maximum Gasteiger partial charge on any atom is 0.328 e. The van der Waals surface area contributed by atoms with Crippen molar-refractivity contribution in [2.75, 3.05) is 13.1 Å². The molecule has 0 spiro atoms. The molecule has 8 heteroatoms. The molecular formula is C15H15N5O2S. The highest BCUT2D eigenvalue weighted by Crippen LogP contribution is 2.24. The summed E-state index contributed by atoms with van der Waals surface area (Å²) in [4.78, 5) is 38.4. The number of H-pyrrole nitrogens is 1. The third-order valence-electron chi connectivity index (χ3n) is 4.17. The van der Waals surface area contributed by atoms with Gasteiger partial charge in [0.2, 0.25) is 5.91 Å². The fraction of sp³-hybridized carbons (Fsp3) is 0.333. The summed E-state index contributed by atoms with van der Waals surface area (Å²) in [6.45, 7) is 1.21. The Labute approximate surface area is 135 Å². The number of carbonyl (C=O) groups excluding carboxylic acids is 1. The highest BCUT2D eigenvalue weighted by molar-refractivity contribution is 7.10.